The lowest BCUT2D eigenvalue weighted by atomic mass is 9.96. The van der Waals surface area contributed by atoms with Crippen LogP contribution in [0.1, 0.15) is 11.8 Å². The van der Waals surface area contributed by atoms with Crippen LogP contribution in [-0.2, 0) is 25.0 Å². The third kappa shape index (κ3) is 3.90. The number of aliphatic hydroxyl groups excluding tert-OH is 2. The summed E-state index contributed by atoms with van der Waals surface area (Å²) in [6.07, 6.45) is -8.65. The van der Waals surface area contributed by atoms with Crippen molar-refractivity contribution in [1.29, 1.82) is 0 Å². The highest BCUT2D eigenvalue weighted by Crippen LogP contribution is 2.56. The van der Waals surface area contributed by atoms with Crippen LogP contribution >= 0.6 is 19.4 Å². The number of halogens is 3. The van der Waals surface area contributed by atoms with Gasteiger partial charge in [0.2, 0.25) is 0 Å². The maximum atomic E-state index is 14.1. The Bertz CT molecular complexity index is 1140. The van der Waals surface area contributed by atoms with E-state index in [-0.39, 0.29) is 23.2 Å². The van der Waals surface area contributed by atoms with Crippen LogP contribution in [0, 0.1) is 0 Å². The summed E-state index contributed by atoms with van der Waals surface area (Å²) in [4.78, 5) is 15.5. The highest BCUT2D eigenvalue weighted by atomic mass is 35.5. The number of ether oxygens (including phenoxy) is 1. The number of hydrogen-bond donors (Lipinski definition) is 3. The lowest BCUT2D eigenvalue weighted by Gasteiger charge is -2.32. The Morgan fingerprint density at radius 2 is 2.12 bits per heavy atom. The van der Waals surface area contributed by atoms with Crippen LogP contribution < -0.4 is 15.9 Å². The lowest BCUT2D eigenvalue weighted by Crippen LogP contribution is -2.52. The minimum absolute atomic E-state index is 0.172. The number of phosphoric acid groups is 1. The van der Waals surface area contributed by atoms with Crippen LogP contribution in [0.15, 0.2) is 35.3 Å². The molecule has 1 unspecified atom stereocenters. The Morgan fingerprint density at radius 1 is 1.41 bits per heavy atom. The van der Waals surface area contributed by atoms with Crippen LogP contribution in [0.5, 0.6) is 5.75 Å². The summed E-state index contributed by atoms with van der Waals surface area (Å²) in [5.74, 6) is -0.150. The number of aromatic nitrogens is 2. The first-order chi connectivity index (χ1) is 15.1. The van der Waals surface area contributed by atoms with Gasteiger partial charge in [0.1, 0.15) is 23.8 Å². The van der Waals surface area contributed by atoms with Gasteiger partial charge in [-0.25, -0.2) is 18.1 Å². The third-order valence-electron chi connectivity index (χ3n) is 5.04. The van der Waals surface area contributed by atoms with Crippen LogP contribution in [0.2, 0.25) is 5.02 Å². The quantitative estimate of drug-likeness (QED) is 0.519. The van der Waals surface area contributed by atoms with Gasteiger partial charge in [-0.3, -0.25) is 13.6 Å². The van der Waals surface area contributed by atoms with Gasteiger partial charge in [-0.05, 0) is 6.07 Å². The van der Waals surface area contributed by atoms with E-state index in [1.807, 2.05) is 0 Å². The van der Waals surface area contributed by atoms with E-state index in [9.17, 15) is 28.4 Å². The number of fused-ring (bicyclic) bond motifs is 1. The van der Waals surface area contributed by atoms with Crippen LogP contribution in [0.25, 0.3) is 0 Å². The maximum absolute atomic E-state index is 14.1. The smallest absolute Gasteiger partial charge is 0.404 e. The summed E-state index contributed by atoms with van der Waals surface area (Å²) in [7, 11) is -4.37. The van der Waals surface area contributed by atoms with Crippen LogP contribution in [-0.4, -0.2) is 50.6 Å². The number of para-hydroxylation sites is 1. The number of benzene rings is 1. The number of alkyl halides is 2. The molecule has 11 nitrogen and oxygen atoms in total. The fourth-order valence-electron chi connectivity index (χ4n) is 3.28. The van der Waals surface area contributed by atoms with Crippen molar-refractivity contribution in [1.82, 2.24) is 9.55 Å². The number of nitrogen functional groups attached to an aromatic ring is 1. The first kappa shape index (κ1) is 23.1. The average Bonchev–Trinajstić information content (AvgIpc) is 3.01. The molecule has 2 aliphatic rings. The second kappa shape index (κ2) is 8.34. The predicted molar refractivity (Wildman–Crippen MR) is 104 cm³/mol. The van der Waals surface area contributed by atoms with Crippen molar-refractivity contribution in [2.75, 3.05) is 12.3 Å². The molecular weight excluding hydrogens is 479 g/mol. The minimum atomic E-state index is -4.37. The number of rotatable bonds is 5. The standard InChI is InChI=1S/C17H17ClF2N3O8P/c18-9-5-23(16(26)22-13(9)21)14-11(24)12(25)17(30-14,15(19)20)7-29-32(27)28-6-8-3-1-2-4-10(8)31-32/h1-5,11-12,14-15,24-25H,6-7H2,(H2,21,22,26)/t11-,12-,14-,17-,32?/m1/s1. The van der Waals surface area contributed by atoms with Gasteiger partial charge in [0.15, 0.2) is 11.8 Å². The molecule has 15 heteroatoms. The van der Waals surface area contributed by atoms with Crippen LogP contribution in [0.4, 0.5) is 14.6 Å². The number of nitrogens with zero attached hydrogens (tertiary/aromatic N) is 2. The Morgan fingerprint density at radius 3 is 2.84 bits per heavy atom. The maximum Gasteiger partial charge on any atom is 0.530 e. The van der Waals surface area contributed by atoms with Gasteiger partial charge in [-0.1, -0.05) is 29.8 Å². The van der Waals surface area contributed by atoms with E-state index in [2.05, 4.69) is 4.98 Å². The highest BCUT2D eigenvalue weighted by molar-refractivity contribution is 7.49. The van der Waals surface area contributed by atoms with E-state index in [1.54, 1.807) is 18.2 Å². The second-order valence-electron chi connectivity index (χ2n) is 7.06. The normalized spacial score (nSPS) is 32.0. The summed E-state index contributed by atoms with van der Waals surface area (Å²) < 4.78 is 62.1. The van der Waals surface area contributed by atoms with Crippen molar-refractivity contribution in [2.45, 2.75) is 37.1 Å². The van der Waals surface area contributed by atoms with Crippen molar-refractivity contribution in [2.24, 2.45) is 0 Å². The SMILES string of the molecule is Nc1nc(=O)n([C@@H]2O[C@@](COP3(=O)OCc4ccccc4O3)(C(F)F)[C@H](O)[C@H]2O)cc1Cl. The summed E-state index contributed by atoms with van der Waals surface area (Å²) >= 11 is 5.81. The topological polar surface area (TPSA) is 155 Å². The predicted octanol–water partition coefficient (Wildman–Crippen LogP) is 1.47. The van der Waals surface area contributed by atoms with Crippen molar-refractivity contribution >= 4 is 25.2 Å². The Kier molecular flexibility index (Phi) is 6.01. The molecule has 32 heavy (non-hydrogen) atoms. The molecule has 4 rings (SSSR count). The fraction of sp³-hybridized carbons (Fsp3) is 0.412. The van der Waals surface area contributed by atoms with Gasteiger partial charge >= 0.3 is 13.5 Å². The molecule has 2 aromatic rings. The summed E-state index contributed by atoms with van der Waals surface area (Å²) in [5, 5.41) is 20.5. The van der Waals surface area contributed by atoms with Crippen LogP contribution in [0.3, 0.4) is 0 Å². The largest absolute Gasteiger partial charge is 0.530 e. The number of aliphatic hydroxyl groups is 2. The van der Waals surface area contributed by atoms with E-state index >= 15 is 0 Å². The molecule has 1 saturated heterocycles. The number of hydrogen-bond acceptors (Lipinski definition) is 10. The van der Waals surface area contributed by atoms with Gasteiger partial charge in [0, 0.05) is 11.8 Å². The minimum Gasteiger partial charge on any atom is -0.404 e. The summed E-state index contributed by atoms with van der Waals surface area (Å²) in [5.41, 5.74) is 2.02. The fourth-order valence-corrected chi connectivity index (χ4v) is 4.69. The highest BCUT2D eigenvalue weighted by Gasteiger charge is 2.62. The molecule has 0 spiro atoms. The molecule has 1 aromatic heterocycles. The molecule has 4 N–H and O–H groups in total. The summed E-state index contributed by atoms with van der Waals surface area (Å²) in [6, 6.07) is 6.43. The molecule has 0 aliphatic carbocycles. The number of phosphoric ester groups is 1. The molecular formula is C17H17ClF2N3O8P. The molecule has 0 amide bonds. The van der Waals surface area contributed by atoms with Gasteiger partial charge in [0.25, 0.3) is 6.43 Å². The van der Waals surface area contributed by atoms with E-state index in [1.165, 1.54) is 6.07 Å². The first-order valence-electron chi connectivity index (χ1n) is 9.09. The molecule has 1 aromatic carbocycles. The monoisotopic (exact) mass is 495 g/mol. The Balaban J connectivity index is 1.59. The van der Waals surface area contributed by atoms with E-state index in [4.69, 9.17) is 35.6 Å². The van der Waals surface area contributed by atoms with Gasteiger partial charge in [0.05, 0.1) is 18.2 Å². The van der Waals surface area contributed by atoms with E-state index in [0.717, 1.165) is 6.20 Å². The van der Waals surface area contributed by atoms with Gasteiger partial charge in [-0.2, -0.15) is 4.98 Å². The van der Waals surface area contributed by atoms with Gasteiger partial charge in [-0.15, -0.1) is 0 Å². The van der Waals surface area contributed by atoms with E-state index in [0.29, 0.717) is 10.1 Å². The number of nitrogens with two attached hydrogens (primary N) is 1. The van der Waals surface area contributed by atoms with E-state index < -0.39 is 50.6 Å². The molecule has 0 bridgehead atoms. The molecule has 0 saturated carbocycles. The van der Waals surface area contributed by atoms with Crippen molar-refractivity contribution < 1.29 is 41.9 Å². The Labute approximate surface area is 183 Å². The molecule has 1 fully saturated rings. The lowest BCUT2D eigenvalue weighted by molar-refractivity contribution is -0.194. The third-order valence-corrected chi connectivity index (χ3v) is 6.65. The summed E-state index contributed by atoms with van der Waals surface area (Å²) in [6.45, 7) is -1.38. The van der Waals surface area contributed by atoms with Gasteiger partial charge < -0.3 is 25.2 Å². The number of anilines is 1. The van der Waals surface area contributed by atoms with Crippen molar-refractivity contribution in [3.8, 4) is 5.75 Å². The molecule has 0 radical (unpaired) electrons. The van der Waals surface area contributed by atoms with Crippen molar-refractivity contribution in [3.63, 3.8) is 0 Å². The van der Waals surface area contributed by atoms with Crippen molar-refractivity contribution in [3.05, 3.63) is 51.5 Å². The zero-order chi connectivity index (χ0) is 23.3. The molecule has 5 atom stereocenters. The molecule has 2 aliphatic heterocycles. The zero-order valence-electron chi connectivity index (χ0n) is 16.0. The molecule has 3 heterocycles. The molecule has 174 valence electrons. The Hall–Kier alpha value is -2.12. The second-order valence-corrected chi connectivity index (χ2v) is 9.06. The first-order valence-corrected chi connectivity index (χ1v) is 10.9. The zero-order valence-corrected chi connectivity index (χ0v) is 17.7. The average molecular weight is 496 g/mol.